The number of hydrogen-bond donors (Lipinski definition) is 0. The fraction of sp³-hybridized carbons (Fsp3) is 0.200. The van der Waals surface area contributed by atoms with Gasteiger partial charge in [0, 0.05) is 16.0 Å². The first-order valence-electron chi connectivity index (χ1n) is 3.88. The van der Waals surface area contributed by atoms with Crippen molar-refractivity contribution < 1.29 is 9.59 Å². The highest BCUT2D eigenvalue weighted by Gasteiger charge is 2.05. The molecule has 1 rings (SSSR count). The summed E-state index contributed by atoms with van der Waals surface area (Å²) in [4.78, 5) is 21.0. The van der Waals surface area contributed by atoms with Crippen LogP contribution in [0, 0.1) is 0 Å². The zero-order valence-electron chi connectivity index (χ0n) is 7.16. The van der Waals surface area contributed by atoms with E-state index in [4.69, 9.17) is 0 Å². The zero-order chi connectivity index (χ0) is 9.84. The Morgan fingerprint density at radius 3 is 2.54 bits per heavy atom. The van der Waals surface area contributed by atoms with Gasteiger partial charge in [-0.05, 0) is 23.8 Å². The standard InChI is InChI=1S/C10H9BrO2/c1-7(5-12)9-2-8(6-13)3-10(11)4-9/h2-7H,1H3. The van der Waals surface area contributed by atoms with Crippen LogP contribution in [0.5, 0.6) is 0 Å². The topological polar surface area (TPSA) is 34.1 Å². The third-order valence-electron chi connectivity index (χ3n) is 1.81. The van der Waals surface area contributed by atoms with Crippen molar-refractivity contribution in [2.45, 2.75) is 12.8 Å². The van der Waals surface area contributed by atoms with Crippen molar-refractivity contribution in [3.63, 3.8) is 0 Å². The maximum atomic E-state index is 10.5. The van der Waals surface area contributed by atoms with Crippen LogP contribution in [0.2, 0.25) is 0 Å². The van der Waals surface area contributed by atoms with Crippen molar-refractivity contribution in [3.8, 4) is 0 Å². The van der Waals surface area contributed by atoms with Gasteiger partial charge in [-0.2, -0.15) is 0 Å². The van der Waals surface area contributed by atoms with Gasteiger partial charge in [0.15, 0.2) is 0 Å². The molecule has 1 aromatic rings. The molecule has 2 nitrogen and oxygen atoms in total. The third kappa shape index (κ3) is 2.49. The summed E-state index contributed by atoms with van der Waals surface area (Å²) in [6, 6.07) is 5.27. The van der Waals surface area contributed by atoms with Gasteiger partial charge in [0.25, 0.3) is 0 Å². The smallest absolute Gasteiger partial charge is 0.150 e. The zero-order valence-corrected chi connectivity index (χ0v) is 8.74. The summed E-state index contributed by atoms with van der Waals surface area (Å²) in [5.74, 6) is -0.170. The summed E-state index contributed by atoms with van der Waals surface area (Å²) in [5, 5.41) is 0. The molecule has 0 spiro atoms. The molecule has 0 aliphatic heterocycles. The van der Waals surface area contributed by atoms with Crippen molar-refractivity contribution in [1.29, 1.82) is 0 Å². The van der Waals surface area contributed by atoms with Gasteiger partial charge in [0.05, 0.1) is 0 Å². The largest absolute Gasteiger partial charge is 0.303 e. The predicted molar refractivity (Wildman–Crippen MR) is 54.0 cm³/mol. The number of benzene rings is 1. The highest BCUT2D eigenvalue weighted by molar-refractivity contribution is 9.10. The van der Waals surface area contributed by atoms with E-state index in [1.165, 1.54) is 0 Å². The molecule has 0 fully saturated rings. The number of aldehydes is 2. The second-order valence-corrected chi connectivity index (χ2v) is 3.78. The van der Waals surface area contributed by atoms with Gasteiger partial charge in [-0.3, -0.25) is 4.79 Å². The lowest BCUT2D eigenvalue weighted by Crippen LogP contribution is -1.95. The average molecular weight is 241 g/mol. The van der Waals surface area contributed by atoms with E-state index in [0.29, 0.717) is 5.56 Å². The molecular formula is C10H9BrO2. The molecular weight excluding hydrogens is 232 g/mol. The Labute approximate surface area is 85.1 Å². The summed E-state index contributed by atoms with van der Waals surface area (Å²) < 4.78 is 0.820. The number of hydrogen-bond acceptors (Lipinski definition) is 2. The molecule has 0 amide bonds. The van der Waals surface area contributed by atoms with Gasteiger partial charge in [0.1, 0.15) is 12.6 Å². The Bertz CT molecular complexity index is 334. The Kier molecular flexibility index (Phi) is 3.37. The molecule has 0 heterocycles. The highest BCUT2D eigenvalue weighted by atomic mass is 79.9. The molecule has 0 saturated heterocycles. The minimum atomic E-state index is -0.170. The molecule has 0 bridgehead atoms. The van der Waals surface area contributed by atoms with Crippen molar-refractivity contribution >= 4 is 28.5 Å². The normalized spacial score (nSPS) is 12.2. The SMILES string of the molecule is CC(C=O)c1cc(Br)cc(C=O)c1. The number of halogens is 1. The van der Waals surface area contributed by atoms with Crippen LogP contribution in [-0.4, -0.2) is 12.6 Å². The van der Waals surface area contributed by atoms with Crippen molar-refractivity contribution in [1.82, 2.24) is 0 Å². The summed E-state index contributed by atoms with van der Waals surface area (Å²) in [5.41, 5.74) is 1.43. The van der Waals surface area contributed by atoms with E-state index >= 15 is 0 Å². The molecule has 0 aromatic heterocycles. The van der Waals surface area contributed by atoms with E-state index in [9.17, 15) is 9.59 Å². The predicted octanol–water partition coefficient (Wildman–Crippen LogP) is 2.56. The number of rotatable bonds is 3. The van der Waals surface area contributed by atoms with E-state index in [1.807, 2.05) is 6.07 Å². The minimum Gasteiger partial charge on any atom is -0.303 e. The average Bonchev–Trinajstić information content (AvgIpc) is 2.15. The van der Waals surface area contributed by atoms with E-state index in [0.717, 1.165) is 22.6 Å². The number of carbonyl (C=O) groups excluding carboxylic acids is 2. The molecule has 0 saturated carbocycles. The van der Waals surface area contributed by atoms with Gasteiger partial charge in [-0.15, -0.1) is 0 Å². The molecule has 1 unspecified atom stereocenters. The van der Waals surface area contributed by atoms with Crippen LogP contribution in [0.15, 0.2) is 22.7 Å². The summed E-state index contributed by atoms with van der Waals surface area (Å²) in [7, 11) is 0. The summed E-state index contributed by atoms with van der Waals surface area (Å²) in [6.07, 6.45) is 1.63. The Morgan fingerprint density at radius 1 is 1.31 bits per heavy atom. The second kappa shape index (κ2) is 4.33. The Morgan fingerprint density at radius 2 is 2.00 bits per heavy atom. The molecule has 0 aliphatic carbocycles. The molecule has 3 heteroatoms. The molecule has 68 valence electrons. The molecule has 0 aliphatic rings. The van der Waals surface area contributed by atoms with Gasteiger partial charge in [0.2, 0.25) is 0 Å². The van der Waals surface area contributed by atoms with Gasteiger partial charge in [-0.25, -0.2) is 0 Å². The lowest BCUT2D eigenvalue weighted by atomic mass is 10.0. The van der Waals surface area contributed by atoms with E-state index in [1.54, 1.807) is 19.1 Å². The third-order valence-corrected chi connectivity index (χ3v) is 2.27. The molecule has 0 radical (unpaired) electrons. The molecule has 0 N–H and O–H groups in total. The van der Waals surface area contributed by atoms with Crippen LogP contribution in [0.4, 0.5) is 0 Å². The van der Waals surface area contributed by atoms with Crippen molar-refractivity contribution in [2.24, 2.45) is 0 Å². The Balaban J connectivity index is 3.14. The fourth-order valence-corrected chi connectivity index (χ4v) is 1.57. The number of carbonyl (C=O) groups is 2. The lowest BCUT2D eigenvalue weighted by Gasteiger charge is -2.05. The summed E-state index contributed by atoms with van der Waals surface area (Å²) in [6.45, 7) is 1.79. The van der Waals surface area contributed by atoms with E-state index < -0.39 is 0 Å². The van der Waals surface area contributed by atoms with Gasteiger partial charge >= 0.3 is 0 Å². The first kappa shape index (κ1) is 10.1. The maximum absolute atomic E-state index is 10.5. The van der Waals surface area contributed by atoms with Gasteiger partial charge in [-0.1, -0.05) is 22.9 Å². The van der Waals surface area contributed by atoms with Crippen LogP contribution in [0.3, 0.4) is 0 Å². The lowest BCUT2D eigenvalue weighted by molar-refractivity contribution is -0.108. The van der Waals surface area contributed by atoms with Crippen LogP contribution >= 0.6 is 15.9 Å². The fourth-order valence-electron chi connectivity index (χ4n) is 1.05. The highest BCUT2D eigenvalue weighted by Crippen LogP contribution is 2.20. The molecule has 1 atom stereocenters. The van der Waals surface area contributed by atoms with E-state index in [2.05, 4.69) is 15.9 Å². The maximum Gasteiger partial charge on any atom is 0.150 e. The first-order chi connectivity index (χ1) is 6.17. The van der Waals surface area contributed by atoms with Crippen LogP contribution in [0.25, 0.3) is 0 Å². The van der Waals surface area contributed by atoms with Crippen molar-refractivity contribution in [3.05, 3.63) is 33.8 Å². The molecule has 13 heavy (non-hydrogen) atoms. The molecule has 1 aromatic carbocycles. The Hall–Kier alpha value is -0.960. The van der Waals surface area contributed by atoms with Crippen LogP contribution in [-0.2, 0) is 4.79 Å². The summed E-state index contributed by atoms with van der Waals surface area (Å²) >= 11 is 3.28. The van der Waals surface area contributed by atoms with Crippen LogP contribution < -0.4 is 0 Å². The van der Waals surface area contributed by atoms with Crippen LogP contribution in [0.1, 0.15) is 28.8 Å². The van der Waals surface area contributed by atoms with E-state index in [-0.39, 0.29) is 5.92 Å². The minimum absolute atomic E-state index is 0.170. The monoisotopic (exact) mass is 240 g/mol. The van der Waals surface area contributed by atoms with Gasteiger partial charge < -0.3 is 4.79 Å². The second-order valence-electron chi connectivity index (χ2n) is 2.86. The quantitative estimate of drug-likeness (QED) is 0.762. The van der Waals surface area contributed by atoms with Crippen molar-refractivity contribution in [2.75, 3.05) is 0 Å². The first-order valence-corrected chi connectivity index (χ1v) is 4.67.